The standard InChI is InChI=1S/C25H39N7O7/c1-14(2)20(24(38)39)32-23(37)18(10-11-19(33)34)31-22(36)17(9-6-12-29-25(27)28)30-21(35)16(26)13-15-7-4-3-5-8-15/h3-5,7-8,14,16-18,20H,6,9-13,26H2,1-2H3,(H,30,35)(H,31,36)(H,32,37)(H,33,34)(H,38,39)(H4,27,28,29). The van der Waals surface area contributed by atoms with Crippen LogP contribution in [-0.4, -0.2) is 76.5 Å². The molecule has 0 saturated heterocycles. The molecule has 0 aliphatic heterocycles. The molecule has 0 aliphatic carbocycles. The molecule has 0 saturated carbocycles. The molecular formula is C25H39N7O7. The van der Waals surface area contributed by atoms with E-state index in [-0.39, 0.29) is 38.2 Å². The maximum atomic E-state index is 13.2. The number of carboxylic acid groups (broad SMARTS) is 2. The number of carbonyl (C=O) groups excluding carboxylic acids is 3. The molecule has 0 aromatic heterocycles. The maximum Gasteiger partial charge on any atom is 0.326 e. The number of amides is 3. The number of aliphatic imine (C=N–C) groups is 1. The number of hydrogen-bond donors (Lipinski definition) is 8. The summed E-state index contributed by atoms with van der Waals surface area (Å²) >= 11 is 0. The van der Waals surface area contributed by atoms with Crippen LogP contribution >= 0.6 is 0 Å². The van der Waals surface area contributed by atoms with E-state index in [0.717, 1.165) is 5.56 Å². The van der Waals surface area contributed by atoms with E-state index >= 15 is 0 Å². The highest BCUT2D eigenvalue weighted by molar-refractivity contribution is 5.94. The number of hydrogen-bond acceptors (Lipinski definition) is 7. The number of nitrogens with zero attached hydrogens (tertiary/aromatic N) is 1. The third-order valence-electron chi connectivity index (χ3n) is 5.72. The van der Waals surface area contributed by atoms with Gasteiger partial charge in [-0.15, -0.1) is 0 Å². The Morgan fingerprint density at radius 3 is 1.97 bits per heavy atom. The van der Waals surface area contributed by atoms with Crippen molar-refractivity contribution in [2.75, 3.05) is 6.54 Å². The van der Waals surface area contributed by atoms with Crippen LogP contribution in [0.15, 0.2) is 35.3 Å². The number of nitrogens with two attached hydrogens (primary N) is 3. The number of nitrogens with one attached hydrogen (secondary N) is 3. The lowest BCUT2D eigenvalue weighted by Gasteiger charge is -2.26. The molecule has 1 aromatic carbocycles. The van der Waals surface area contributed by atoms with Crippen LogP contribution in [0.4, 0.5) is 0 Å². The Balaban J connectivity index is 3.06. The Morgan fingerprint density at radius 1 is 0.872 bits per heavy atom. The van der Waals surface area contributed by atoms with Gasteiger partial charge in [-0.25, -0.2) is 4.79 Å². The number of rotatable bonds is 17. The molecule has 0 heterocycles. The van der Waals surface area contributed by atoms with Gasteiger partial charge in [-0.3, -0.25) is 24.2 Å². The summed E-state index contributed by atoms with van der Waals surface area (Å²) in [6, 6.07) is 4.27. The summed E-state index contributed by atoms with van der Waals surface area (Å²) in [4.78, 5) is 65.4. The summed E-state index contributed by atoms with van der Waals surface area (Å²) in [5.41, 5.74) is 17.5. The van der Waals surface area contributed by atoms with Crippen LogP contribution in [0.1, 0.15) is 45.1 Å². The Hall–Kier alpha value is -4.20. The van der Waals surface area contributed by atoms with Crippen molar-refractivity contribution in [2.24, 2.45) is 28.1 Å². The first kappa shape index (κ1) is 32.8. The zero-order chi connectivity index (χ0) is 29.5. The van der Waals surface area contributed by atoms with Crippen molar-refractivity contribution in [3.63, 3.8) is 0 Å². The van der Waals surface area contributed by atoms with Gasteiger partial charge in [-0.05, 0) is 37.2 Å². The van der Waals surface area contributed by atoms with Gasteiger partial charge in [-0.2, -0.15) is 0 Å². The molecule has 0 fully saturated rings. The van der Waals surface area contributed by atoms with Gasteiger partial charge in [0.15, 0.2) is 5.96 Å². The molecule has 39 heavy (non-hydrogen) atoms. The fourth-order valence-electron chi connectivity index (χ4n) is 3.59. The van der Waals surface area contributed by atoms with E-state index in [0.29, 0.717) is 0 Å². The Labute approximate surface area is 226 Å². The van der Waals surface area contributed by atoms with Crippen LogP contribution in [-0.2, 0) is 30.4 Å². The molecule has 0 radical (unpaired) electrons. The van der Waals surface area contributed by atoms with E-state index in [1.807, 2.05) is 6.07 Å². The third-order valence-corrected chi connectivity index (χ3v) is 5.72. The first-order chi connectivity index (χ1) is 18.3. The molecular weight excluding hydrogens is 510 g/mol. The fourth-order valence-corrected chi connectivity index (χ4v) is 3.59. The largest absolute Gasteiger partial charge is 0.481 e. The predicted octanol–water partition coefficient (Wildman–Crippen LogP) is -1.33. The maximum absolute atomic E-state index is 13.2. The van der Waals surface area contributed by atoms with Gasteiger partial charge in [0.05, 0.1) is 6.04 Å². The van der Waals surface area contributed by atoms with Gasteiger partial charge < -0.3 is 43.4 Å². The molecule has 216 valence electrons. The summed E-state index contributed by atoms with van der Waals surface area (Å²) in [6.45, 7) is 3.34. The van der Waals surface area contributed by atoms with E-state index in [1.165, 1.54) is 0 Å². The highest BCUT2D eigenvalue weighted by atomic mass is 16.4. The summed E-state index contributed by atoms with van der Waals surface area (Å²) in [5, 5.41) is 25.9. The van der Waals surface area contributed by atoms with Crippen molar-refractivity contribution in [2.45, 2.75) is 70.1 Å². The van der Waals surface area contributed by atoms with Gasteiger partial charge >= 0.3 is 11.9 Å². The predicted molar refractivity (Wildman–Crippen MR) is 143 cm³/mol. The van der Waals surface area contributed by atoms with Crippen molar-refractivity contribution in [1.82, 2.24) is 16.0 Å². The second-order valence-corrected chi connectivity index (χ2v) is 9.37. The van der Waals surface area contributed by atoms with Crippen molar-refractivity contribution in [3.05, 3.63) is 35.9 Å². The highest BCUT2D eigenvalue weighted by Crippen LogP contribution is 2.08. The van der Waals surface area contributed by atoms with Crippen molar-refractivity contribution >= 4 is 35.6 Å². The molecule has 4 atom stereocenters. The van der Waals surface area contributed by atoms with E-state index < -0.39 is 66.2 Å². The summed E-state index contributed by atoms with van der Waals surface area (Å²) < 4.78 is 0. The molecule has 1 rings (SSSR count). The minimum Gasteiger partial charge on any atom is -0.481 e. The van der Waals surface area contributed by atoms with E-state index in [9.17, 15) is 29.1 Å². The van der Waals surface area contributed by atoms with Crippen LogP contribution < -0.4 is 33.2 Å². The number of benzene rings is 1. The smallest absolute Gasteiger partial charge is 0.326 e. The molecule has 0 spiro atoms. The quantitative estimate of drug-likeness (QED) is 0.0645. The van der Waals surface area contributed by atoms with Crippen molar-refractivity contribution < 1.29 is 34.2 Å². The van der Waals surface area contributed by atoms with Gasteiger partial charge in [-0.1, -0.05) is 44.2 Å². The molecule has 14 heteroatoms. The lowest BCUT2D eigenvalue weighted by molar-refractivity contribution is -0.144. The number of aliphatic carboxylic acids is 2. The third kappa shape index (κ3) is 12.7. The molecule has 11 N–H and O–H groups in total. The fraction of sp³-hybridized carbons (Fsp3) is 0.520. The Morgan fingerprint density at radius 2 is 1.44 bits per heavy atom. The minimum absolute atomic E-state index is 0.0728. The topological polar surface area (TPSA) is 252 Å². The average Bonchev–Trinajstić information content (AvgIpc) is 2.86. The zero-order valence-corrected chi connectivity index (χ0v) is 22.1. The molecule has 0 bridgehead atoms. The second-order valence-electron chi connectivity index (χ2n) is 9.37. The molecule has 14 nitrogen and oxygen atoms in total. The SMILES string of the molecule is CC(C)C(NC(=O)C(CCC(=O)O)NC(=O)C(CCCN=C(N)N)NC(=O)C(N)Cc1ccccc1)C(=O)O. The van der Waals surface area contributed by atoms with Crippen LogP contribution in [0, 0.1) is 5.92 Å². The zero-order valence-electron chi connectivity index (χ0n) is 22.1. The summed E-state index contributed by atoms with van der Waals surface area (Å²) in [5.74, 6) is -5.37. The monoisotopic (exact) mass is 549 g/mol. The normalized spacial score (nSPS) is 13.8. The van der Waals surface area contributed by atoms with Crippen LogP contribution in [0.5, 0.6) is 0 Å². The van der Waals surface area contributed by atoms with Gasteiger partial charge in [0.25, 0.3) is 0 Å². The van der Waals surface area contributed by atoms with Gasteiger partial charge in [0, 0.05) is 13.0 Å². The van der Waals surface area contributed by atoms with E-state index in [4.69, 9.17) is 22.3 Å². The summed E-state index contributed by atoms with van der Waals surface area (Å²) in [6.07, 6.45) is -0.209. The van der Waals surface area contributed by atoms with E-state index in [2.05, 4.69) is 20.9 Å². The van der Waals surface area contributed by atoms with Gasteiger partial charge in [0.2, 0.25) is 17.7 Å². The second kappa shape index (κ2) is 16.6. The summed E-state index contributed by atoms with van der Waals surface area (Å²) in [7, 11) is 0. The number of carboxylic acids is 2. The van der Waals surface area contributed by atoms with Crippen LogP contribution in [0.3, 0.4) is 0 Å². The van der Waals surface area contributed by atoms with E-state index in [1.54, 1.807) is 38.1 Å². The first-order valence-electron chi connectivity index (χ1n) is 12.5. The number of carbonyl (C=O) groups is 5. The molecule has 0 aliphatic rings. The van der Waals surface area contributed by atoms with Crippen molar-refractivity contribution in [1.29, 1.82) is 0 Å². The minimum atomic E-state index is -1.37. The highest BCUT2D eigenvalue weighted by Gasteiger charge is 2.31. The Kier molecular flexibility index (Phi) is 14.0. The molecule has 3 amide bonds. The Bertz CT molecular complexity index is 1010. The molecule has 1 aromatic rings. The average molecular weight is 550 g/mol. The van der Waals surface area contributed by atoms with Crippen LogP contribution in [0.2, 0.25) is 0 Å². The van der Waals surface area contributed by atoms with Crippen LogP contribution in [0.25, 0.3) is 0 Å². The lowest BCUT2D eigenvalue weighted by Crippen LogP contribution is -2.57. The molecule has 4 unspecified atom stereocenters. The van der Waals surface area contributed by atoms with Gasteiger partial charge in [0.1, 0.15) is 18.1 Å². The van der Waals surface area contributed by atoms with Crippen molar-refractivity contribution in [3.8, 4) is 0 Å². The lowest BCUT2D eigenvalue weighted by atomic mass is 10.0. The first-order valence-corrected chi connectivity index (χ1v) is 12.5. The number of guanidine groups is 1.